The fourth-order valence-electron chi connectivity index (χ4n) is 9.14. The van der Waals surface area contributed by atoms with E-state index in [9.17, 15) is 0 Å². The van der Waals surface area contributed by atoms with Gasteiger partial charge in [-0.2, -0.15) is 0 Å². The fourth-order valence-corrected chi connectivity index (χ4v) is 9.14. The second-order valence-corrected chi connectivity index (χ2v) is 14.8. The minimum atomic E-state index is 0.970. The largest absolute Gasteiger partial charge is 0.309 e. The van der Waals surface area contributed by atoms with Crippen molar-refractivity contribution in [2.75, 3.05) is 0 Å². The van der Waals surface area contributed by atoms with Crippen molar-refractivity contribution < 1.29 is 0 Å². The van der Waals surface area contributed by atoms with E-state index in [2.05, 4.69) is 220 Å². The van der Waals surface area contributed by atoms with Gasteiger partial charge in [0, 0.05) is 49.3 Å². The molecule has 0 spiro atoms. The van der Waals surface area contributed by atoms with Gasteiger partial charge in [-0.25, -0.2) is 0 Å². The number of benzene rings is 8. The Morgan fingerprint density at radius 1 is 0.298 bits per heavy atom. The molecule has 0 N–H and O–H groups in total. The van der Waals surface area contributed by atoms with Crippen LogP contribution in [0.5, 0.6) is 0 Å². The van der Waals surface area contributed by atoms with Gasteiger partial charge in [0.25, 0.3) is 0 Å². The third kappa shape index (κ3) is 4.75. The Kier molecular flexibility index (Phi) is 6.84. The molecule has 3 heteroatoms. The molecule has 0 bridgehead atoms. The van der Waals surface area contributed by atoms with Gasteiger partial charge in [-0.05, 0) is 89.5 Å². The number of fused-ring (bicyclic) bond motifs is 10. The van der Waals surface area contributed by atoms with Crippen molar-refractivity contribution in [3.05, 3.63) is 212 Å². The van der Waals surface area contributed by atoms with Crippen LogP contribution in [-0.4, -0.2) is 13.7 Å². The summed E-state index contributed by atoms with van der Waals surface area (Å²) in [6.07, 6.45) is 0. The summed E-state index contributed by atoms with van der Waals surface area (Å²) in [5, 5.41) is 7.41. The monoisotopic (exact) mass is 723 g/mol. The van der Waals surface area contributed by atoms with Crippen molar-refractivity contribution in [2.24, 2.45) is 0 Å². The van der Waals surface area contributed by atoms with Crippen molar-refractivity contribution in [1.82, 2.24) is 13.7 Å². The molecule has 0 aliphatic rings. The van der Waals surface area contributed by atoms with Gasteiger partial charge < -0.3 is 13.7 Å². The summed E-state index contributed by atoms with van der Waals surface area (Å²) in [6, 6.07) is 79.2. The van der Waals surface area contributed by atoms with Crippen LogP contribution in [0.25, 0.3) is 105 Å². The van der Waals surface area contributed by atoms with Crippen LogP contribution in [0.2, 0.25) is 0 Å². The zero-order valence-corrected chi connectivity index (χ0v) is 30.9. The summed E-state index contributed by atoms with van der Waals surface area (Å²) in [4.78, 5) is 0. The van der Waals surface area contributed by atoms with Crippen LogP contribution >= 0.6 is 0 Å². The van der Waals surface area contributed by atoms with Gasteiger partial charge in [-0.1, -0.05) is 140 Å². The Hall–Kier alpha value is -7.80. The minimum Gasteiger partial charge on any atom is -0.309 e. The third-order valence-corrected chi connectivity index (χ3v) is 11.7. The van der Waals surface area contributed by atoms with E-state index in [0.29, 0.717) is 0 Å². The zero-order valence-electron chi connectivity index (χ0n) is 30.9. The predicted molar refractivity (Wildman–Crippen MR) is 238 cm³/mol. The Bertz CT molecular complexity index is 3470. The second kappa shape index (κ2) is 12.4. The standard InChI is InChI=1S/C54H33N3/c1-3-13-36(14-4-1)37-23-30-42(31-24-37)57-49-21-11-8-18-44(49)46-33-34-51-53(54(46)57)47-19-9-12-22-50(47)55(51)41-28-25-38(26-29-41)39-27-32-45-43-17-7-10-20-48(43)56(52(45)35-39)40-15-5-2-6-16-40/h1-23,25-30,32-35H. The van der Waals surface area contributed by atoms with Crippen LogP contribution in [0, 0.1) is 12.1 Å². The summed E-state index contributed by atoms with van der Waals surface area (Å²) < 4.78 is 7.18. The summed E-state index contributed by atoms with van der Waals surface area (Å²) in [7, 11) is 0. The van der Waals surface area contributed by atoms with Gasteiger partial charge in [-0.3, -0.25) is 0 Å². The van der Waals surface area contributed by atoms with E-state index in [1.807, 2.05) is 6.07 Å². The molecule has 0 fully saturated rings. The molecule has 0 radical (unpaired) electrons. The lowest BCUT2D eigenvalue weighted by atomic mass is 10.0. The first-order valence-electron chi connectivity index (χ1n) is 19.4. The number of para-hydroxylation sites is 4. The van der Waals surface area contributed by atoms with Crippen molar-refractivity contribution in [3.63, 3.8) is 0 Å². The first-order valence-corrected chi connectivity index (χ1v) is 19.4. The SMILES string of the molecule is c1c(-c2ccccc2)ccc(-n2c3ccccc3c3ccc4c(c5ccccc5n4-c4ccc(-c5ccc6c7ccccc7n(-c7ccccc7)c6c5)cc4)c32)c#1. The Balaban J connectivity index is 1.03. The molecular weight excluding hydrogens is 691 g/mol. The summed E-state index contributed by atoms with van der Waals surface area (Å²) in [5.74, 6) is 0. The maximum atomic E-state index is 3.56. The van der Waals surface area contributed by atoms with Crippen LogP contribution in [0.1, 0.15) is 0 Å². The molecule has 3 heterocycles. The molecule has 3 aromatic heterocycles. The molecule has 9 aromatic carbocycles. The highest BCUT2D eigenvalue weighted by Gasteiger charge is 2.21. The van der Waals surface area contributed by atoms with Gasteiger partial charge in [0.1, 0.15) is 0 Å². The third-order valence-electron chi connectivity index (χ3n) is 11.7. The molecule has 0 unspecified atom stereocenters. The lowest BCUT2D eigenvalue weighted by Gasteiger charge is -2.11. The fraction of sp³-hybridized carbons (Fsp3) is 0. The number of aromatic nitrogens is 3. The van der Waals surface area contributed by atoms with Crippen LogP contribution < -0.4 is 0 Å². The maximum Gasteiger partial charge on any atom is 0.0974 e. The van der Waals surface area contributed by atoms with E-state index >= 15 is 0 Å². The van der Waals surface area contributed by atoms with Crippen LogP contribution in [-0.2, 0) is 0 Å². The first-order chi connectivity index (χ1) is 28.3. The molecule has 0 aliphatic carbocycles. The van der Waals surface area contributed by atoms with Gasteiger partial charge in [0.2, 0.25) is 0 Å². The smallest absolute Gasteiger partial charge is 0.0974 e. The Labute approximate surface area is 329 Å². The minimum absolute atomic E-state index is 0.970. The Morgan fingerprint density at radius 3 is 1.56 bits per heavy atom. The summed E-state index contributed by atoms with van der Waals surface area (Å²) in [6.45, 7) is 0. The molecule has 12 aromatic rings. The number of hydrogen-bond acceptors (Lipinski definition) is 0. The molecule has 0 amide bonds. The molecule has 0 saturated carbocycles. The molecule has 264 valence electrons. The van der Waals surface area contributed by atoms with E-state index in [1.54, 1.807) is 0 Å². The molecular formula is C54H33N3. The zero-order chi connectivity index (χ0) is 37.5. The maximum absolute atomic E-state index is 3.56. The summed E-state index contributed by atoms with van der Waals surface area (Å²) >= 11 is 0. The number of hydrogen-bond donors (Lipinski definition) is 0. The van der Waals surface area contributed by atoms with Gasteiger partial charge in [0.15, 0.2) is 0 Å². The molecule has 0 saturated heterocycles. The molecule has 12 rings (SSSR count). The highest BCUT2D eigenvalue weighted by molar-refractivity contribution is 6.26. The molecule has 3 nitrogen and oxygen atoms in total. The van der Waals surface area contributed by atoms with Crippen LogP contribution in [0.4, 0.5) is 0 Å². The van der Waals surface area contributed by atoms with E-state index in [-0.39, 0.29) is 0 Å². The van der Waals surface area contributed by atoms with Crippen molar-refractivity contribution in [3.8, 4) is 39.3 Å². The topological polar surface area (TPSA) is 14.8 Å². The molecule has 0 atom stereocenters. The molecule has 57 heavy (non-hydrogen) atoms. The highest BCUT2D eigenvalue weighted by Crippen LogP contribution is 2.42. The van der Waals surface area contributed by atoms with Gasteiger partial charge >= 0.3 is 0 Å². The molecule has 0 aliphatic heterocycles. The first kappa shape index (κ1) is 31.5. The van der Waals surface area contributed by atoms with Crippen LogP contribution in [0.15, 0.2) is 200 Å². The van der Waals surface area contributed by atoms with E-state index in [1.165, 1.54) is 71.0 Å². The van der Waals surface area contributed by atoms with E-state index in [4.69, 9.17) is 0 Å². The van der Waals surface area contributed by atoms with Gasteiger partial charge in [0.05, 0.1) is 38.8 Å². The van der Waals surface area contributed by atoms with Crippen molar-refractivity contribution >= 4 is 65.4 Å². The number of nitrogens with zero attached hydrogens (tertiary/aromatic N) is 3. The lowest BCUT2D eigenvalue weighted by molar-refractivity contribution is 1.17. The van der Waals surface area contributed by atoms with Crippen molar-refractivity contribution in [2.45, 2.75) is 0 Å². The van der Waals surface area contributed by atoms with E-state index < -0.39 is 0 Å². The average Bonchev–Trinajstić information content (AvgIpc) is 3.92. The van der Waals surface area contributed by atoms with Crippen molar-refractivity contribution in [1.29, 1.82) is 0 Å². The van der Waals surface area contributed by atoms with Crippen LogP contribution in [0.3, 0.4) is 0 Å². The normalized spacial score (nSPS) is 11.7. The summed E-state index contributed by atoms with van der Waals surface area (Å²) in [5.41, 5.74) is 14.9. The van der Waals surface area contributed by atoms with E-state index in [0.717, 1.165) is 33.7 Å². The average molecular weight is 724 g/mol. The second-order valence-electron chi connectivity index (χ2n) is 14.8. The lowest BCUT2D eigenvalue weighted by Crippen LogP contribution is -1.95. The highest BCUT2D eigenvalue weighted by atomic mass is 15.0. The number of rotatable bonds is 5. The Morgan fingerprint density at radius 2 is 0.842 bits per heavy atom. The van der Waals surface area contributed by atoms with Gasteiger partial charge in [-0.15, -0.1) is 0 Å². The quantitative estimate of drug-likeness (QED) is 0.168. The predicted octanol–water partition coefficient (Wildman–Crippen LogP) is 13.9.